The summed E-state index contributed by atoms with van der Waals surface area (Å²) in [7, 11) is 1.39. The Balaban J connectivity index is 2.56. The Bertz CT molecular complexity index is 687. The molecule has 1 aliphatic heterocycles. The molecule has 1 atom stereocenters. The van der Waals surface area contributed by atoms with Crippen LogP contribution < -0.4 is 15.4 Å². The lowest BCUT2D eigenvalue weighted by Gasteiger charge is -2.28. The largest absolute Gasteiger partial charge is 0.504 e. The van der Waals surface area contributed by atoms with Gasteiger partial charge < -0.3 is 25.2 Å². The Morgan fingerprint density at radius 2 is 2.13 bits per heavy atom. The van der Waals surface area contributed by atoms with Gasteiger partial charge in [-0.2, -0.15) is 0 Å². The number of hydrogen-bond donors (Lipinski definition) is 3. The molecule has 1 aliphatic rings. The van der Waals surface area contributed by atoms with E-state index in [1.54, 1.807) is 13.8 Å². The zero-order chi connectivity index (χ0) is 17.1. The van der Waals surface area contributed by atoms with Gasteiger partial charge in [-0.1, -0.05) is 11.6 Å². The number of carbonyl (C=O) groups excluding carboxylic acids is 2. The second-order valence-corrected chi connectivity index (χ2v) is 5.24. The van der Waals surface area contributed by atoms with Crippen molar-refractivity contribution in [3.63, 3.8) is 0 Å². The van der Waals surface area contributed by atoms with E-state index in [2.05, 4.69) is 10.6 Å². The van der Waals surface area contributed by atoms with E-state index >= 15 is 0 Å². The molecule has 1 aromatic carbocycles. The van der Waals surface area contributed by atoms with E-state index in [0.717, 1.165) is 0 Å². The molecule has 8 heteroatoms. The molecular formula is C15H17ClN2O5. The number of halogens is 1. The predicted octanol–water partition coefficient (Wildman–Crippen LogP) is 2.25. The summed E-state index contributed by atoms with van der Waals surface area (Å²) in [4.78, 5) is 24.0. The normalized spacial score (nSPS) is 17.4. The summed E-state index contributed by atoms with van der Waals surface area (Å²) < 4.78 is 10.1. The molecule has 0 aromatic heterocycles. The number of methoxy groups -OCH3 is 1. The van der Waals surface area contributed by atoms with Crippen molar-refractivity contribution in [1.82, 2.24) is 10.6 Å². The molecular weight excluding hydrogens is 324 g/mol. The zero-order valence-corrected chi connectivity index (χ0v) is 13.7. The van der Waals surface area contributed by atoms with E-state index in [0.29, 0.717) is 11.3 Å². The van der Waals surface area contributed by atoms with Crippen LogP contribution in [0.1, 0.15) is 25.5 Å². The monoisotopic (exact) mass is 340 g/mol. The molecule has 0 unspecified atom stereocenters. The number of nitrogens with one attached hydrogen (secondary N) is 2. The Hall–Kier alpha value is -2.41. The summed E-state index contributed by atoms with van der Waals surface area (Å²) in [6.45, 7) is 3.49. The number of ether oxygens (including phenoxy) is 2. The van der Waals surface area contributed by atoms with Crippen molar-refractivity contribution < 1.29 is 24.2 Å². The standard InChI is InChI=1S/C15H17ClN2O5/c1-4-23-14(20)12-7(2)17-15(21)18-13(12)8-5-11(22-3)10(19)6-9(8)16/h5-6,13,19H,4H2,1-3H3,(H2,17,18,21)/t13-/m0/s1. The van der Waals surface area contributed by atoms with Crippen molar-refractivity contribution in [2.45, 2.75) is 19.9 Å². The van der Waals surface area contributed by atoms with Crippen molar-refractivity contribution in [2.24, 2.45) is 0 Å². The highest BCUT2D eigenvalue weighted by Crippen LogP contribution is 2.38. The first kappa shape index (κ1) is 17.0. The van der Waals surface area contributed by atoms with Gasteiger partial charge in [-0.15, -0.1) is 0 Å². The molecule has 124 valence electrons. The quantitative estimate of drug-likeness (QED) is 0.730. The van der Waals surface area contributed by atoms with Crippen LogP contribution in [0.5, 0.6) is 11.5 Å². The maximum absolute atomic E-state index is 12.2. The van der Waals surface area contributed by atoms with Crippen LogP contribution in [0.15, 0.2) is 23.4 Å². The van der Waals surface area contributed by atoms with Crippen LogP contribution >= 0.6 is 11.6 Å². The van der Waals surface area contributed by atoms with Crippen LogP contribution in [0.25, 0.3) is 0 Å². The zero-order valence-electron chi connectivity index (χ0n) is 12.9. The van der Waals surface area contributed by atoms with Crippen molar-refractivity contribution in [1.29, 1.82) is 0 Å². The lowest BCUT2D eigenvalue weighted by atomic mass is 9.95. The molecule has 0 fully saturated rings. The molecule has 2 amide bonds. The Morgan fingerprint density at radius 1 is 1.43 bits per heavy atom. The Morgan fingerprint density at radius 3 is 2.74 bits per heavy atom. The molecule has 1 aromatic rings. The van der Waals surface area contributed by atoms with Crippen LogP contribution in [-0.4, -0.2) is 30.8 Å². The average Bonchev–Trinajstić information content (AvgIpc) is 2.46. The first-order chi connectivity index (χ1) is 10.9. The number of hydrogen-bond acceptors (Lipinski definition) is 5. The molecule has 0 bridgehead atoms. The molecule has 23 heavy (non-hydrogen) atoms. The molecule has 0 aliphatic carbocycles. The number of phenolic OH excluding ortho intramolecular Hbond substituents is 1. The smallest absolute Gasteiger partial charge is 0.338 e. The fraction of sp³-hybridized carbons (Fsp3) is 0.333. The highest BCUT2D eigenvalue weighted by atomic mass is 35.5. The molecule has 3 N–H and O–H groups in total. The van der Waals surface area contributed by atoms with Gasteiger partial charge in [-0.05, 0) is 19.9 Å². The minimum atomic E-state index is -0.815. The fourth-order valence-electron chi connectivity index (χ4n) is 2.35. The number of amides is 2. The highest BCUT2D eigenvalue weighted by molar-refractivity contribution is 6.31. The van der Waals surface area contributed by atoms with Gasteiger partial charge in [0.15, 0.2) is 11.5 Å². The van der Waals surface area contributed by atoms with E-state index in [-0.39, 0.29) is 28.7 Å². The van der Waals surface area contributed by atoms with Crippen LogP contribution in [-0.2, 0) is 9.53 Å². The summed E-state index contributed by atoms with van der Waals surface area (Å²) in [6, 6.07) is 1.48. The summed E-state index contributed by atoms with van der Waals surface area (Å²) in [6.07, 6.45) is 0. The third-order valence-corrected chi connectivity index (χ3v) is 3.70. The molecule has 0 radical (unpaired) electrons. The second kappa shape index (κ2) is 6.78. The average molecular weight is 341 g/mol. The maximum atomic E-state index is 12.2. The molecule has 0 spiro atoms. The molecule has 1 heterocycles. The van der Waals surface area contributed by atoms with E-state index in [1.807, 2.05) is 0 Å². The predicted molar refractivity (Wildman–Crippen MR) is 83.4 cm³/mol. The third kappa shape index (κ3) is 3.34. The van der Waals surface area contributed by atoms with E-state index < -0.39 is 18.0 Å². The number of allylic oxidation sites excluding steroid dienone is 1. The number of esters is 1. The maximum Gasteiger partial charge on any atom is 0.338 e. The van der Waals surface area contributed by atoms with Crippen LogP contribution in [0, 0.1) is 0 Å². The number of phenols is 1. The Labute approximate surface area is 138 Å². The molecule has 0 saturated heterocycles. The SMILES string of the molecule is CCOC(=O)C1=C(C)NC(=O)N[C@H]1c1cc(OC)c(O)cc1Cl. The number of benzene rings is 1. The van der Waals surface area contributed by atoms with Gasteiger partial charge in [0.05, 0.1) is 30.4 Å². The Kier molecular flexibility index (Phi) is 5.00. The summed E-state index contributed by atoms with van der Waals surface area (Å²) in [5, 5.41) is 15.1. The minimum Gasteiger partial charge on any atom is -0.504 e. The third-order valence-electron chi connectivity index (χ3n) is 3.37. The van der Waals surface area contributed by atoms with Gasteiger partial charge in [0.2, 0.25) is 0 Å². The van der Waals surface area contributed by atoms with Crippen molar-refractivity contribution in [3.8, 4) is 11.5 Å². The van der Waals surface area contributed by atoms with Gasteiger partial charge in [0, 0.05) is 17.3 Å². The van der Waals surface area contributed by atoms with E-state index in [1.165, 1.54) is 19.2 Å². The van der Waals surface area contributed by atoms with Crippen molar-refractivity contribution in [3.05, 3.63) is 34.0 Å². The lowest BCUT2D eigenvalue weighted by Crippen LogP contribution is -2.45. The number of carbonyl (C=O) groups is 2. The van der Waals surface area contributed by atoms with Gasteiger partial charge in [-0.3, -0.25) is 0 Å². The molecule has 7 nitrogen and oxygen atoms in total. The van der Waals surface area contributed by atoms with Gasteiger partial charge >= 0.3 is 12.0 Å². The summed E-state index contributed by atoms with van der Waals surface area (Å²) in [5.74, 6) is -0.524. The molecule has 2 rings (SSSR count). The van der Waals surface area contributed by atoms with E-state index in [4.69, 9.17) is 21.1 Å². The second-order valence-electron chi connectivity index (χ2n) is 4.84. The van der Waals surface area contributed by atoms with Crippen molar-refractivity contribution in [2.75, 3.05) is 13.7 Å². The van der Waals surface area contributed by atoms with Crippen LogP contribution in [0.2, 0.25) is 5.02 Å². The van der Waals surface area contributed by atoms with E-state index in [9.17, 15) is 14.7 Å². The lowest BCUT2D eigenvalue weighted by molar-refractivity contribution is -0.139. The summed E-state index contributed by atoms with van der Waals surface area (Å²) in [5.41, 5.74) is 1.03. The minimum absolute atomic E-state index is 0.139. The first-order valence-electron chi connectivity index (χ1n) is 6.90. The van der Waals surface area contributed by atoms with Gasteiger partial charge in [-0.25, -0.2) is 9.59 Å². The fourth-order valence-corrected chi connectivity index (χ4v) is 2.62. The topological polar surface area (TPSA) is 96.9 Å². The first-order valence-corrected chi connectivity index (χ1v) is 7.28. The molecule has 0 saturated carbocycles. The van der Waals surface area contributed by atoms with Crippen LogP contribution in [0.3, 0.4) is 0 Å². The number of aromatic hydroxyl groups is 1. The van der Waals surface area contributed by atoms with Crippen molar-refractivity contribution >= 4 is 23.6 Å². The van der Waals surface area contributed by atoms with Crippen LogP contribution in [0.4, 0.5) is 4.79 Å². The summed E-state index contributed by atoms with van der Waals surface area (Å²) >= 11 is 6.17. The highest BCUT2D eigenvalue weighted by Gasteiger charge is 2.33. The van der Waals surface area contributed by atoms with Gasteiger partial charge in [0.1, 0.15) is 0 Å². The number of urea groups is 1. The number of rotatable bonds is 4. The van der Waals surface area contributed by atoms with Gasteiger partial charge in [0.25, 0.3) is 0 Å².